The van der Waals surface area contributed by atoms with E-state index in [2.05, 4.69) is 12.1 Å². The molecule has 2 aromatic rings. The minimum atomic E-state index is -0.829. The molecule has 0 spiro atoms. The average Bonchev–Trinajstić information content (AvgIpc) is 2.63. The zero-order chi connectivity index (χ0) is 15.3. The maximum absolute atomic E-state index is 11.3. The summed E-state index contributed by atoms with van der Waals surface area (Å²) in [6, 6.07) is 7.72. The van der Waals surface area contributed by atoms with Gasteiger partial charge in [0.25, 0.3) is 0 Å². The fraction of sp³-hybridized carbons (Fsp3) is 0.235. The number of rotatable bonds is 2. The van der Waals surface area contributed by atoms with Crippen molar-refractivity contribution in [3.05, 3.63) is 56.6 Å². The van der Waals surface area contributed by atoms with Crippen LogP contribution in [0, 0.1) is 13.8 Å². The van der Waals surface area contributed by atoms with Gasteiger partial charge in [-0.15, -0.1) is 0 Å². The molecule has 4 heteroatoms. The van der Waals surface area contributed by atoms with Gasteiger partial charge in [0.05, 0.1) is 6.42 Å². The number of halogens is 2. The highest BCUT2D eigenvalue weighted by Crippen LogP contribution is 2.51. The van der Waals surface area contributed by atoms with Gasteiger partial charge in [0, 0.05) is 16.0 Å². The van der Waals surface area contributed by atoms with E-state index in [4.69, 9.17) is 23.2 Å². The molecule has 108 valence electrons. The predicted octanol–water partition coefficient (Wildman–Crippen LogP) is 5.20. The normalized spacial score (nSPS) is 15.7. The minimum Gasteiger partial charge on any atom is -0.481 e. The van der Waals surface area contributed by atoms with E-state index in [0.717, 1.165) is 33.4 Å². The lowest BCUT2D eigenvalue weighted by Crippen LogP contribution is -2.07. The molecule has 3 rings (SSSR count). The molecule has 1 N–H and O–H groups in total. The van der Waals surface area contributed by atoms with Crippen molar-refractivity contribution < 1.29 is 9.90 Å². The molecule has 0 aliphatic heterocycles. The SMILES string of the molecule is Cc1cc(C)c2c(c1)-c1cc(Cl)cc(Cl)c1C2CC(=O)O. The lowest BCUT2D eigenvalue weighted by molar-refractivity contribution is -0.137. The van der Waals surface area contributed by atoms with Crippen LogP contribution in [0.1, 0.15) is 34.6 Å². The zero-order valence-electron chi connectivity index (χ0n) is 11.7. The molecule has 0 heterocycles. The van der Waals surface area contributed by atoms with E-state index in [0.29, 0.717) is 10.0 Å². The molecule has 0 saturated carbocycles. The van der Waals surface area contributed by atoms with Gasteiger partial charge in [0.1, 0.15) is 0 Å². The van der Waals surface area contributed by atoms with Crippen LogP contribution < -0.4 is 0 Å². The van der Waals surface area contributed by atoms with E-state index >= 15 is 0 Å². The summed E-state index contributed by atoms with van der Waals surface area (Å²) in [5, 5.41) is 10.4. The highest BCUT2D eigenvalue weighted by molar-refractivity contribution is 6.36. The van der Waals surface area contributed by atoms with Crippen molar-refractivity contribution in [1.82, 2.24) is 0 Å². The summed E-state index contributed by atoms with van der Waals surface area (Å²) in [5.74, 6) is -1.04. The van der Waals surface area contributed by atoms with Gasteiger partial charge in [-0.2, -0.15) is 0 Å². The molecule has 0 radical (unpaired) electrons. The molecule has 0 saturated heterocycles. The van der Waals surface area contributed by atoms with Gasteiger partial charge in [-0.3, -0.25) is 4.79 Å². The maximum atomic E-state index is 11.3. The molecule has 2 aromatic carbocycles. The lowest BCUT2D eigenvalue weighted by atomic mass is 9.90. The zero-order valence-corrected chi connectivity index (χ0v) is 13.2. The van der Waals surface area contributed by atoms with E-state index in [9.17, 15) is 9.90 Å². The first kappa shape index (κ1) is 14.4. The fourth-order valence-electron chi connectivity index (χ4n) is 3.35. The Labute approximate surface area is 133 Å². The van der Waals surface area contributed by atoms with Crippen LogP contribution in [0.25, 0.3) is 11.1 Å². The number of benzene rings is 2. The Kier molecular flexibility index (Phi) is 3.46. The molecule has 0 bridgehead atoms. The average molecular weight is 321 g/mol. The first-order valence-corrected chi connectivity index (χ1v) is 7.46. The van der Waals surface area contributed by atoms with Crippen molar-refractivity contribution in [3.8, 4) is 11.1 Å². The molecular weight excluding hydrogens is 307 g/mol. The van der Waals surface area contributed by atoms with Crippen LogP contribution >= 0.6 is 23.2 Å². The lowest BCUT2D eigenvalue weighted by Gasteiger charge is -2.15. The third kappa shape index (κ3) is 2.33. The van der Waals surface area contributed by atoms with Gasteiger partial charge in [-0.1, -0.05) is 40.9 Å². The minimum absolute atomic E-state index is 0.0330. The highest BCUT2D eigenvalue weighted by atomic mass is 35.5. The summed E-state index contributed by atoms with van der Waals surface area (Å²) in [7, 11) is 0. The standard InChI is InChI=1S/C17H14Cl2O2/c1-8-3-9(2)16-11(4-8)12-5-10(18)6-14(19)17(12)13(16)7-15(20)21/h3-6,13H,7H2,1-2H3,(H,20,21). The Morgan fingerprint density at radius 1 is 1.10 bits per heavy atom. The predicted molar refractivity (Wildman–Crippen MR) is 85.5 cm³/mol. The molecule has 1 aliphatic rings. The van der Waals surface area contributed by atoms with Crippen LogP contribution in [0.2, 0.25) is 10.0 Å². The van der Waals surface area contributed by atoms with E-state index in [-0.39, 0.29) is 12.3 Å². The molecule has 2 nitrogen and oxygen atoms in total. The molecule has 0 fully saturated rings. The van der Waals surface area contributed by atoms with Crippen molar-refractivity contribution >= 4 is 29.2 Å². The summed E-state index contributed by atoms with van der Waals surface area (Å²) in [4.78, 5) is 11.3. The van der Waals surface area contributed by atoms with E-state index < -0.39 is 5.97 Å². The number of carboxylic acids is 1. The summed E-state index contributed by atoms with van der Waals surface area (Å²) in [5.41, 5.74) is 6.19. The Balaban J connectivity index is 2.34. The largest absolute Gasteiger partial charge is 0.481 e. The second-order valence-corrected chi connectivity index (χ2v) is 6.39. The smallest absolute Gasteiger partial charge is 0.304 e. The Morgan fingerprint density at radius 3 is 2.43 bits per heavy atom. The first-order valence-electron chi connectivity index (χ1n) is 6.70. The first-order chi connectivity index (χ1) is 9.88. The van der Waals surface area contributed by atoms with Crippen molar-refractivity contribution in [1.29, 1.82) is 0 Å². The van der Waals surface area contributed by atoms with E-state index in [1.54, 1.807) is 6.07 Å². The van der Waals surface area contributed by atoms with Crippen molar-refractivity contribution in [2.24, 2.45) is 0 Å². The van der Waals surface area contributed by atoms with Crippen molar-refractivity contribution in [2.75, 3.05) is 0 Å². The van der Waals surface area contributed by atoms with Crippen molar-refractivity contribution in [3.63, 3.8) is 0 Å². The molecule has 1 aliphatic carbocycles. The van der Waals surface area contributed by atoms with Crippen molar-refractivity contribution in [2.45, 2.75) is 26.2 Å². The third-order valence-electron chi connectivity index (χ3n) is 3.99. The Bertz CT molecular complexity index is 708. The Hall–Kier alpha value is -1.51. The van der Waals surface area contributed by atoms with Crippen LogP contribution in [0.5, 0.6) is 0 Å². The quantitative estimate of drug-likeness (QED) is 0.826. The van der Waals surface area contributed by atoms with Gasteiger partial charge >= 0.3 is 5.97 Å². The fourth-order valence-corrected chi connectivity index (χ4v) is 3.97. The number of hydrogen-bond acceptors (Lipinski definition) is 1. The molecule has 21 heavy (non-hydrogen) atoms. The number of carbonyl (C=O) groups is 1. The van der Waals surface area contributed by atoms with Crippen LogP contribution in [-0.2, 0) is 4.79 Å². The molecule has 0 amide bonds. The topological polar surface area (TPSA) is 37.3 Å². The van der Waals surface area contributed by atoms with Gasteiger partial charge in [-0.25, -0.2) is 0 Å². The highest BCUT2D eigenvalue weighted by Gasteiger charge is 2.34. The van der Waals surface area contributed by atoms with E-state index in [1.807, 2.05) is 19.9 Å². The summed E-state index contributed by atoms with van der Waals surface area (Å²) >= 11 is 12.5. The summed E-state index contributed by atoms with van der Waals surface area (Å²) < 4.78 is 0. The monoisotopic (exact) mass is 320 g/mol. The molecule has 1 unspecified atom stereocenters. The van der Waals surface area contributed by atoms with Crippen LogP contribution in [0.4, 0.5) is 0 Å². The summed E-state index contributed by atoms with van der Waals surface area (Å²) in [6.07, 6.45) is 0.0330. The van der Waals surface area contributed by atoms with Crippen LogP contribution in [0.15, 0.2) is 24.3 Å². The van der Waals surface area contributed by atoms with Crippen LogP contribution in [0.3, 0.4) is 0 Å². The third-order valence-corrected chi connectivity index (χ3v) is 4.52. The van der Waals surface area contributed by atoms with Gasteiger partial charge in [0.15, 0.2) is 0 Å². The van der Waals surface area contributed by atoms with Gasteiger partial charge < -0.3 is 5.11 Å². The number of hydrogen-bond donors (Lipinski definition) is 1. The second kappa shape index (κ2) is 5.04. The van der Waals surface area contributed by atoms with Gasteiger partial charge in [0.2, 0.25) is 0 Å². The number of aryl methyl sites for hydroxylation is 2. The number of aliphatic carboxylic acids is 1. The number of carboxylic acid groups (broad SMARTS) is 1. The van der Waals surface area contributed by atoms with Crippen LogP contribution in [-0.4, -0.2) is 11.1 Å². The second-order valence-electron chi connectivity index (χ2n) is 5.54. The molecular formula is C17H14Cl2O2. The molecule has 1 atom stereocenters. The summed E-state index contributed by atoms with van der Waals surface area (Å²) in [6.45, 7) is 4.05. The number of fused-ring (bicyclic) bond motifs is 3. The maximum Gasteiger partial charge on any atom is 0.304 e. The molecule has 0 aromatic heterocycles. The Morgan fingerprint density at radius 2 is 1.76 bits per heavy atom. The van der Waals surface area contributed by atoms with E-state index in [1.165, 1.54) is 0 Å². The van der Waals surface area contributed by atoms with Gasteiger partial charge in [-0.05, 0) is 53.8 Å².